The van der Waals surface area contributed by atoms with Gasteiger partial charge in [0.05, 0.1) is 16.0 Å². The molecule has 0 saturated carbocycles. The van der Waals surface area contributed by atoms with Gasteiger partial charge in [-0.3, -0.25) is 9.36 Å². The zero-order valence-corrected chi connectivity index (χ0v) is 24.1. The van der Waals surface area contributed by atoms with Crippen LogP contribution < -0.4 is 5.32 Å². The third-order valence-electron chi connectivity index (χ3n) is 6.30. The van der Waals surface area contributed by atoms with Crippen LogP contribution in [0.5, 0.6) is 0 Å². The van der Waals surface area contributed by atoms with Gasteiger partial charge < -0.3 is 5.32 Å². The molecule has 0 aliphatic carbocycles. The first-order valence-corrected chi connectivity index (χ1v) is 14.8. The highest BCUT2D eigenvalue weighted by Crippen LogP contribution is 2.32. The van der Waals surface area contributed by atoms with E-state index in [0.717, 1.165) is 38.6 Å². The number of amides is 1. The average molecular weight is 582 g/mol. The normalized spacial score (nSPS) is 11.2. The summed E-state index contributed by atoms with van der Waals surface area (Å²) in [6.07, 6.45) is 0. The van der Waals surface area contributed by atoms with E-state index in [1.54, 1.807) is 11.3 Å². The van der Waals surface area contributed by atoms with Crippen molar-refractivity contribution < 1.29 is 4.79 Å². The summed E-state index contributed by atoms with van der Waals surface area (Å²) in [4.78, 5) is 17.6. The fourth-order valence-electron chi connectivity index (χ4n) is 4.28. The molecule has 0 saturated heterocycles. The Kier molecular flexibility index (Phi) is 7.38. The Hall–Kier alpha value is -3.98. The average Bonchev–Trinajstić information content (AvgIpc) is 3.57. The molecular formula is C31H24ClN5OS2. The van der Waals surface area contributed by atoms with Crippen molar-refractivity contribution in [1.29, 1.82) is 0 Å². The van der Waals surface area contributed by atoms with E-state index < -0.39 is 0 Å². The van der Waals surface area contributed by atoms with E-state index in [9.17, 15) is 4.79 Å². The number of fused-ring (bicyclic) bond motifs is 1. The van der Waals surface area contributed by atoms with E-state index >= 15 is 0 Å². The lowest BCUT2D eigenvalue weighted by Gasteiger charge is -2.11. The van der Waals surface area contributed by atoms with Gasteiger partial charge in [-0.2, -0.15) is 0 Å². The van der Waals surface area contributed by atoms with Crippen molar-refractivity contribution in [3.05, 3.63) is 107 Å². The monoisotopic (exact) mass is 581 g/mol. The number of benzene rings is 4. The summed E-state index contributed by atoms with van der Waals surface area (Å²) in [5.41, 5.74) is 6.87. The third-order valence-corrected chi connectivity index (χ3v) is 8.53. The topological polar surface area (TPSA) is 72.7 Å². The molecule has 0 aliphatic rings. The summed E-state index contributed by atoms with van der Waals surface area (Å²) in [6.45, 7) is 4.12. The number of nitrogens with zero attached hydrogens (tertiary/aromatic N) is 4. The molecule has 2 heterocycles. The van der Waals surface area contributed by atoms with E-state index in [2.05, 4.69) is 40.6 Å². The molecule has 0 atom stereocenters. The molecule has 9 heteroatoms. The molecule has 4 aromatic carbocycles. The van der Waals surface area contributed by atoms with Crippen molar-refractivity contribution in [2.75, 3.05) is 11.1 Å². The third kappa shape index (κ3) is 5.65. The van der Waals surface area contributed by atoms with E-state index in [1.807, 2.05) is 84.3 Å². The number of hydrogen-bond donors (Lipinski definition) is 1. The van der Waals surface area contributed by atoms with Gasteiger partial charge in [0.2, 0.25) is 5.91 Å². The second-order valence-corrected chi connectivity index (χ2v) is 11.8. The fraction of sp³-hybridized carbons (Fsp3) is 0.0968. The summed E-state index contributed by atoms with van der Waals surface area (Å²) in [5, 5.41) is 14.0. The number of carbonyl (C=O) groups excluding carboxylic acids is 1. The van der Waals surface area contributed by atoms with Crippen molar-refractivity contribution in [3.8, 4) is 27.6 Å². The number of thioether (sulfide) groups is 1. The smallest absolute Gasteiger partial charge is 0.234 e. The number of thiazole rings is 1. The van der Waals surface area contributed by atoms with E-state index in [4.69, 9.17) is 16.6 Å². The van der Waals surface area contributed by atoms with Crippen molar-refractivity contribution in [3.63, 3.8) is 0 Å². The van der Waals surface area contributed by atoms with Crippen LogP contribution >= 0.6 is 34.7 Å². The number of rotatable bonds is 7. The molecule has 1 N–H and O–H groups in total. The lowest BCUT2D eigenvalue weighted by atomic mass is 10.2. The van der Waals surface area contributed by atoms with Gasteiger partial charge in [-0.25, -0.2) is 4.98 Å². The van der Waals surface area contributed by atoms with Crippen LogP contribution in [0.3, 0.4) is 0 Å². The summed E-state index contributed by atoms with van der Waals surface area (Å²) in [7, 11) is 0. The van der Waals surface area contributed by atoms with E-state index in [0.29, 0.717) is 16.0 Å². The zero-order valence-electron chi connectivity index (χ0n) is 21.8. The van der Waals surface area contributed by atoms with E-state index in [1.165, 1.54) is 22.0 Å². The van der Waals surface area contributed by atoms with Crippen LogP contribution in [-0.2, 0) is 4.79 Å². The van der Waals surface area contributed by atoms with Crippen LogP contribution in [0.25, 0.3) is 37.9 Å². The second kappa shape index (κ2) is 11.3. The fourth-order valence-corrected chi connectivity index (χ4v) is 6.29. The molecule has 0 radical (unpaired) electrons. The SMILES string of the molecule is Cc1ccc(-n2c(SCC(=O)Nc3ccc(-c4nc5ccc(C)cc5s4)cc3)nnc2-c2cccc(Cl)c2)cc1. The van der Waals surface area contributed by atoms with Gasteiger partial charge in [-0.15, -0.1) is 21.5 Å². The Bertz CT molecular complexity index is 1830. The van der Waals surface area contributed by atoms with Gasteiger partial charge in [-0.05, 0) is 80.1 Å². The van der Waals surface area contributed by atoms with Gasteiger partial charge in [0.25, 0.3) is 0 Å². The first-order valence-electron chi connectivity index (χ1n) is 12.6. The van der Waals surface area contributed by atoms with Crippen LogP contribution in [0.4, 0.5) is 5.69 Å². The number of aryl methyl sites for hydroxylation is 2. The minimum absolute atomic E-state index is 0.129. The van der Waals surface area contributed by atoms with Gasteiger partial charge in [0, 0.05) is 27.5 Å². The van der Waals surface area contributed by atoms with Gasteiger partial charge >= 0.3 is 0 Å². The molecule has 6 aromatic rings. The Morgan fingerprint density at radius 3 is 2.45 bits per heavy atom. The second-order valence-electron chi connectivity index (χ2n) is 9.39. The Labute approximate surface area is 245 Å². The van der Waals surface area contributed by atoms with Crippen LogP contribution in [0.15, 0.2) is 96.2 Å². The molecule has 2 aromatic heterocycles. The number of halogens is 1. The van der Waals surface area contributed by atoms with Crippen molar-refractivity contribution >= 4 is 56.5 Å². The maximum Gasteiger partial charge on any atom is 0.234 e. The number of aromatic nitrogens is 4. The molecular weight excluding hydrogens is 558 g/mol. The number of nitrogens with one attached hydrogen (secondary N) is 1. The first kappa shape index (κ1) is 26.3. The molecule has 198 valence electrons. The quantitative estimate of drug-likeness (QED) is 0.192. The van der Waals surface area contributed by atoms with Crippen molar-refractivity contribution in [2.45, 2.75) is 19.0 Å². The zero-order chi connectivity index (χ0) is 27.6. The largest absolute Gasteiger partial charge is 0.325 e. The maximum absolute atomic E-state index is 12.9. The van der Waals surface area contributed by atoms with Gasteiger partial charge in [0.1, 0.15) is 5.01 Å². The number of hydrogen-bond acceptors (Lipinski definition) is 6. The predicted molar refractivity (Wildman–Crippen MR) is 166 cm³/mol. The number of anilines is 1. The lowest BCUT2D eigenvalue weighted by Crippen LogP contribution is -2.14. The molecule has 1 amide bonds. The Morgan fingerprint density at radius 1 is 0.900 bits per heavy atom. The van der Waals surface area contributed by atoms with Crippen LogP contribution in [-0.4, -0.2) is 31.4 Å². The van der Waals surface area contributed by atoms with Gasteiger partial charge in [0.15, 0.2) is 11.0 Å². The van der Waals surface area contributed by atoms with Gasteiger partial charge in [-0.1, -0.05) is 59.3 Å². The minimum atomic E-state index is -0.129. The first-order chi connectivity index (χ1) is 19.4. The lowest BCUT2D eigenvalue weighted by molar-refractivity contribution is -0.113. The summed E-state index contributed by atoms with van der Waals surface area (Å²) in [6, 6.07) is 29.7. The standard InChI is InChI=1S/C31H24ClN5OS2/c1-19-6-13-25(14-7-19)37-29(22-4-3-5-23(32)17-22)35-36-31(37)39-18-28(38)33-24-11-9-21(10-12-24)30-34-26-15-8-20(2)16-27(26)40-30/h3-17H,18H2,1-2H3,(H,33,38). The summed E-state index contributed by atoms with van der Waals surface area (Å²) < 4.78 is 3.12. The number of carbonyl (C=O) groups is 1. The van der Waals surface area contributed by atoms with Crippen molar-refractivity contribution in [2.24, 2.45) is 0 Å². The predicted octanol–water partition coefficient (Wildman–Crippen LogP) is 8.21. The highest BCUT2D eigenvalue weighted by molar-refractivity contribution is 7.99. The molecule has 0 spiro atoms. The van der Waals surface area contributed by atoms with Crippen LogP contribution in [0.1, 0.15) is 11.1 Å². The highest BCUT2D eigenvalue weighted by Gasteiger charge is 2.18. The molecule has 0 fully saturated rings. The van der Waals surface area contributed by atoms with Crippen LogP contribution in [0.2, 0.25) is 5.02 Å². The molecule has 6 rings (SSSR count). The molecule has 0 bridgehead atoms. The van der Waals surface area contributed by atoms with E-state index in [-0.39, 0.29) is 11.7 Å². The van der Waals surface area contributed by atoms with Crippen molar-refractivity contribution in [1.82, 2.24) is 19.7 Å². The minimum Gasteiger partial charge on any atom is -0.325 e. The Balaban J connectivity index is 1.17. The summed E-state index contributed by atoms with van der Waals surface area (Å²) >= 11 is 9.25. The molecule has 0 unspecified atom stereocenters. The molecule has 40 heavy (non-hydrogen) atoms. The Morgan fingerprint density at radius 2 is 1.68 bits per heavy atom. The van der Waals surface area contributed by atoms with Crippen LogP contribution in [0, 0.1) is 13.8 Å². The molecule has 0 aliphatic heterocycles. The maximum atomic E-state index is 12.9. The molecule has 6 nitrogen and oxygen atoms in total. The highest BCUT2D eigenvalue weighted by atomic mass is 35.5. The summed E-state index contributed by atoms with van der Waals surface area (Å²) in [5.74, 6) is 0.712.